The summed E-state index contributed by atoms with van der Waals surface area (Å²) in [4.78, 5) is 0. The number of nitrogens with one attached hydrogen (secondary N) is 1. The third-order valence-corrected chi connectivity index (χ3v) is 2.08. The van der Waals surface area contributed by atoms with Gasteiger partial charge in [0.05, 0.1) is 0 Å². The Bertz CT molecular complexity index is 70.2. The minimum atomic E-state index is 0.953. The lowest BCUT2D eigenvalue weighted by atomic mass is 10.2. The van der Waals surface area contributed by atoms with Crippen molar-refractivity contribution in [2.75, 3.05) is 6.54 Å². The highest BCUT2D eigenvalue weighted by Gasteiger charge is 2.37. The van der Waals surface area contributed by atoms with Gasteiger partial charge in [-0.3, -0.25) is 0 Å². The molecule has 0 aromatic heterocycles. The van der Waals surface area contributed by atoms with Crippen LogP contribution in [0.15, 0.2) is 0 Å². The van der Waals surface area contributed by atoms with Gasteiger partial charge in [-0.05, 0) is 31.7 Å². The first-order valence-electron chi connectivity index (χ1n) is 3.20. The van der Waals surface area contributed by atoms with Crippen LogP contribution < -0.4 is 5.32 Å². The van der Waals surface area contributed by atoms with Crippen LogP contribution in [-0.4, -0.2) is 12.6 Å². The Morgan fingerprint density at radius 2 is 2.43 bits per heavy atom. The fraction of sp³-hybridized carbons (Fsp3) is 1.00. The molecule has 1 saturated carbocycles. The second-order valence-corrected chi connectivity index (χ2v) is 2.70. The number of hydrogen-bond acceptors (Lipinski definition) is 1. The highest BCUT2D eigenvalue weighted by Crippen LogP contribution is 2.36. The van der Waals surface area contributed by atoms with Crippen molar-refractivity contribution in [3.63, 3.8) is 0 Å². The maximum absolute atomic E-state index is 3.46. The summed E-state index contributed by atoms with van der Waals surface area (Å²) in [6, 6.07) is 0.953. The smallest absolute Gasteiger partial charge is 0.00991 e. The lowest BCUT2D eigenvalue weighted by Gasteiger charge is -2.08. The number of rotatable bonds is 0. The summed E-state index contributed by atoms with van der Waals surface area (Å²) in [6.45, 7) is 1.28. The number of piperidine rings is 1. The largest absolute Gasteiger partial charge is 0.314 e. The molecular formula is C6H11N. The highest BCUT2D eigenvalue weighted by molar-refractivity contribution is 4.95. The van der Waals surface area contributed by atoms with Gasteiger partial charge in [0.25, 0.3) is 0 Å². The summed E-state index contributed by atoms with van der Waals surface area (Å²) in [5.74, 6) is 1.09. The van der Waals surface area contributed by atoms with Crippen LogP contribution in [0.2, 0.25) is 0 Å². The molecule has 0 aromatic carbocycles. The topological polar surface area (TPSA) is 12.0 Å². The quantitative estimate of drug-likeness (QED) is 0.470. The molecule has 0 radical (unpaired) electrons. The third-order valence-electron chi connectivity index (χ3n) is 2.08. The molecule has 1 nitrogen and oxygen atoms in total. The van der Waals surface area contributed by atoms with E-state index in [9.17, 15) is 0 Å². The highest BCUT2D eigenvalue weighted by atomic mass is 15.0. The molecule has 2 atom stereocenters. The molecule has 2 rings (SSSR count). The van der Waals surface area contributed by atoms with Gasteiger partial charge in [0.1, 0.15) is 0 Å². The lowest BCUT2D eigenvalue weighted by molar-refractivity contribution is 0.505. The Kier molecular flexibility index (Phi) is 0.680. The predicted octanol–water partition coefficient (Wildman–Crippen LogP) is 0.758. The van der Waals surface area contributed by atoms with Crippen molar-refractivity contribution in [3.05, 3.63) is 0 Å². The lowest BCUT2D eigenvalue weighted by Crippen LogP contribution is -2.23. The molecule has 1 heterocycles. The maximum atomic E-state index is 3.46. The normalized spacial score (nSPS) is 48.0. The minimum absolute atomic E-state index is 0.953. The van der Waals surface area contributed by atoms with E-state index in [2.05, 4.69) is 5.32 Å². The minimum Gasteiger partial charge on any atom is -0.314 e. The van der Waals surface area contributed by atoms with Gasteiger partial charge >= 0.3 is 0 Å². The van der Waals surface area contributed by atoms with Crippen LogP contribution in [0.1, 0.15) is 19.3 Å². The fourth-order valence-electron chi connectivity index (χ4n) is 1.47. The zero-order valence-electron chi connectivity index (χ0n) is 4.48. The summed E-state index contributed by atoms with van der Waals surface area (Å²) >= 11 is 0. The molecule has 2 aliphatic rings. The Labute approximate surface area is 44.1 Å². The molecule has 2 fully saturated rings. The van der Waals surface area contributed by atoms with E-state index in [-0.39, 0.29) is 0 Å². The molecule has 1 aliphatic carbocycles. The van der Waals surface area contributed by atoms with Crippen molar-refractivity contribution < 1.29 is 0 Å². The van der Waals surface area contributed by atoms with Crippen LogP contribution in [0.5, 0.6) is 0 Å². The molecular weight excluding hydrogens is 86.1 g/mol. The Balaban J connectivity index is 1.95. The van der Waals surface area contributed by atoms with E-state index in [4.69, 9.17) is 0 Å². The van der Waals surface area contributed by atoms with Crippen LogP contribution in [0.3, 0.4) is 0 Å². The van der Waals surface area contributed by atoms with E-state index in [1.165, 1.54) is 25.8 Å². The van der Waals surface area contributed by atoms with Gasteiger partial charge in [0, 0.05) is 6.04 Å². The molecule has 1 aliphatic heterocycles. The SMILES string of the molecule is C1CNC2CC2C1. The first-order valence-corrected chi connectivity index (χ1v) is 3.20. The van der Waals surface area contributed by atoms with Gasteiger partial charge in [-0.2, -0.15) is 0 Å². The van der Waals surface area contributed by atoms with E-state index in [0.717, 1.165) is 12.0 Å². The van der Waals surface area contributed by atoms with Crippen LogP contribution in [-0.2, 0) is 0 Å². The van der Waals surface area contributed by atoms with Gasteiger partial charge in [0.2, 0.25) is 0 Å². The second kappa shape index (κ2) is 1.22. The van der Waals surface area contributed by atoms with Crippen molar-refractivity contribution >= 4 is 0 Å². The molecule has 40 valence electrons. The maximum Gasteiger partial charge on any atom is 0.00991 e. The third kappa shape index (κ3) is 0.556. The van der Waals surface area contributed by atoms with E-state index in [0.29, 0.717) is 0 Å². The van der Waals surface area contributed by atoms with Crippen molar-refractivity contribution in [2.45, 2.75) is 25.3 Å². The monoisotopic (exact) mass is 97.1 g/mol. The second-order valence-electron chi connectivity index (χ2n) is 2.70. The van der Waals surface area contributed by atoms with Crippen LogP contribution >= 0.6 is 0 Å². The van der Waals surface area contributed by atoms with E-state index in [1.54, 1.807) is 0 Å². The number of hydrogen-bond donors (Lipinski definition) is 1. The van der Waals surface area contributed by atoms with Crippen LogP contribution in [0.25, 0.3) is 0 Å². The molecule has 0 spiro atoms. The average Bonchev–Trinajstić information content (AvgIpc) is 2.41. The summed E-state index contributed by atoms with van der Waals surface area (Å²) < 4.78 is 0. The van der Waals surface area contributed by atoms with Crippen molar-refractivity contribution in [1.82, 2.24) is 5.32 Å². The standard InChI is InChI=1S/C6H11N/c1-2-5-4-6(5)7-3-1/h5-7H,1-4H2. The van der Waals surface area contributed by atoms with Gasteiger partial charge in [-0.15, -0.1) is 0 Å². The van der Waals surface area contributed by atoms with Crippen molar-refractivity contribution in [1.29, 1.82) is 0 Å². The van der Waals surface area contributed by atoms with E-state index >= 15 is 0 Å². The summed E-state index contributed by atoms with van der Waals surface area (Å²) in [5.41, 5.74) is 0. The van der Waals surface area contributed by atoms with Crippen LogP contribution in [0.4, 0.5) is 0 Å². The summed E-state index contributed by atoms with van der Waals surface area (Å²) in [6.07, 6.45) is 4.39. The molecule has 2 unspecified atom stereocenters. The van der Waals surface area contributed by atoms with Crippen molar-refractivity contribution in [3.8, 4) is 0 Å². The molecule has 0 bridgehead atoms. The van der Waals surface area contributed by atoms with Gasteiger partial charge in [-0.1, -0.05) is 0 Å². The molecule has 0 amide bonds. The fourth-order valence-corrected chi connectivity index (χ4v) is 1.47. The molecule has 1 heteroatoms. The van der Waals surface area contributed by atoms with Crippen LogP contribution in [0, 0.1) is 5.92 Å². The summed E-state index contributed by atoms with van der Waals surface area (Å²) in [7, 11) is 0. The molecule has 1 saturated heterocycles. The van der Waals surface area contributed by atoms with Crippen molar-refractivity contribution in [2.24, 2.45) is 5.92 Å². The van der Waals surface area contributed by atoms with Gasteiger partial charge in [-0.25, -0.2) is 0 Å². The average molecular weight is 97.2 g/mol. The Morgan fingerprint density at radius 1 is 1.43 bits per heavy atom. The zero-order chi connectivity index (χ0) is 4.69. The molecule has 0 aromatic rings. The van der Waals surface area contributed by atoms with Gasteiger partial charge in [0.15, 0.2) is 0 Å². The van der Waals surface area contributed by atoms with E-state index < -0.39 is 0 Å². The molecule has 7 heavy (non-hydrogen) atoms. The molecule has 1 N–H and O–H groups in total. The van der Waals surface area contributed by atoms with Gasteiger partial charge < -0.3 is 5.32 Å². The first kappa shape index (κ1) is 3.90. The Hall–Kier alpha value is -0.0400. The Morgan fingerprint density at radius 3 is 3.00 bits per heavy atom. The first-order chi connectivity index (χ1) is 3.47. The predicted molar refractivity (Wildman–Crippen MR) is 29.1 cm³/mol. The summed E-state index contributed by atoms with van der Waals surface area (Å²) in [5, 5.41) is 3.46. The van der Waals surface area contributed by atoms with E-state index in [1.807, 2.05) is 0 Å². The number of fused-ring (bicyclic) bond motifs is 1. The zero-order valence-corrected chi connectivity index (χ0v) is 4.48.